The standard InChI is InChI=1S/C14H17ClN2O3/c1-8-6-17(7-9(8)2)14(20)16-12-5-10(15)3-4-11(12)13(18)19/h3-5,8-9H,6-7H2,1-2H3,(H,16,20)(H,18,19). The van der Waals surface area contributed by atoms with E-state index in [0.29, 0.717) is 29.9 Å². The van der Waals surface area contributed by atoms with Gasteiger partial charge >= 0.3 is 12.0 Å². The lowest BCUT2D eigenvalue weighted by Crippen LogP contribution is -2.33. The van der Waals surface area contributed by atoms with E-state index in [4.69, 9.17) is 16.7 Å². The Hall–Kier alpha value is -1.75. The fraction of sp³-hybridized carbons (Fsp3) is 0.429. The summed E-state index contributed by atoms with van der Waals surface area (Å²) in [6, 6.07) is 4.04. The Morgan fingerprint density at radius 2 is 1.90 bits per heavy atom. The van der Waals surface area contributed by atoms with Gasteiger partial charge in [-0.2, -0.15) is 0 Å². The van der Waals surface area contributed by atoms with Crippen LogP contribution in [0.1, 0.15) is 24.2 Å². The number of hydrogen-bond donors (Lipinski definition) is 2. The number of carboxylic acids is 1. The highest BCUT2D eigenvalue weighted by molar-refractivity contribution is 6.31. The van der Waals surface area contributed by atoms with Crippen LogP contribution in [0, 0.1) is 11.8 Å². The molecule has 1 aliphatic heterocycles. The minimum Gasteiger partial charge on any atom is -0.478 e. The number of nitrogens with one attached hydrogen (secondary N) is 1. The van der Waals surface area contributed by atoms with E-state index < -0.39 is 5.97 Å². The molecule has 2 unspecified atom stereocenters. The minimum atomic E-state index is -1.10. The summed E-state index contributed by atoms with van der Waals surface area (Å²) in [5.74, 6) is -0.210. The zero-order valence-corrected chi connectivity index (χ0v) is 12.1. The Bertz CT molecular complexity index is 537. The summed E-state index contributed by atoms with van der Waals surface area (Å²) in [6.45, 7) is 5.55. The molecule has 0 bridgehead atoms. The highest BCUT2D eigenvalue weighted by Gasteiger charge is 2.29. The Morgan fingerprint density at radius 3 is 2.45 bits per heavy atom. The largest absolute Gasteiger partial charge is 0.478 e. The number of benzene rings is 1. The molecule has 2 rings (SSSR count). The zero-order valence-electron chi connectivity index (χ0n) is 11.4. The molecule has 2 amide bonds. The summed E-state index contributed by atoms with van der Waals surface area (Å²) in [5, 5.41) is 12.1. The van der Waals surface area contributed by atoms with Crippen molar-refractivity contribution < 1.29 is 14.7 Å². The van der Waals surface area contributed by atoms with E-state index in [1.807, 2.05) is 0 Å². The molecule has 1 saturated heterocycles. The number of anilines is 1. The molecule has 108 valence electrons. The lowest BCUT2D eigenvalue weighted by Gasteiger charge is -2.18. The first kappa shape index (κ1) is 14.7. The summed E-state index contributed by atoms with van der Waals surface area (Å²) < 4.78 is 0. The van der Waals surface area contributed by atoms with Crippen molar-refractivity contribution in [1.29, 1.82) is 0 Å². The quantitative estimate of drug-likeness (QED) is 0.881. The van der Waals surface area contributed by atoms with E-state index >= 15 is 0 Å². The normalized spacial score (nSPS) is 21.9. The van der Waals surface area contributed by atoms with Gasteiger partial charge in [-0.1, -0.05) is 25.4 Å². The molecule has 0 spiro atoms. The topological polar surface area (TPSA) is 69.6 Å². The maximum Gasteiger partial charge on any atom is 0.337 e. The molecule has 20 heavy (non-hydrogen) atoms. The molecule has 0 aromatic heterocycles. The van der Waals surface area contributed by atoms with Crippen LogP contribution in [0.5, 0.6) is 0 Å². The van der Waals surface area contributed by atoms with Crippen molar-refractivity contribution in [3.63, 3.8) is 0 Å². The predicted octanol–water partition coefficient (Wildman–Crippen LogP) is 3.16. The molecule has 1 aromatic rings. The van der Waals surface area contributed by atoms with Gasteiger partial charge < -0.3 is 15.3 Å². The summed E-state index contributed by atoms with van der Waals surface area (Å²) >= 11 is 5.85. The predicted molar refractivity (Wildman–Crippen MR) is 77.3 cm³/mol. The number of nitrogens with zero attached hydrogens (tertiary/aromatic N) is 1. The zero-order chi connectivity index (χ0) is 14.9. The van der Waals surface area contributed by atoms with Gasteiger partial charge in [0.25, 0.3) is 0 Å². The van der Waals surface area contributed by atoms with Crippen molar-refractivity contribution in [2.75, 3.05) is 18.4 Å². The highest BCUT2D eigenvalue weighted by atomic mass is 35.5. The van der Waals surface area contributed by atoms with Crippen molar-refractivity contribution in [1.82, 2.24) is 4.90 Å². The summed E-state index contributed by atoms with van der Waals surface area (Å²) in [4.78, 5) is 25.0. The van der Waals surface area contributed by atoms with Gasteiger partial charge in [0.1, 0.15) is 0 Å². The number of carbonyl (C=O) groups excluding carboxylic acids is 1. The van der Waals surface area contributed by atoms with Gasteiger partial charge in [-0.25, -0.2) is 9.59 Å². The van der Waals surface area contributed by atoms with Crippen molar-refractivity contribution in [2.24, 2.45) is 11.8 Å². The lowest BCUT2D eigenvalue weighted by molar-refractivity contribution is 0.0698. The lowest BCUT2D eigenvalue weighted by atomic mass is 10.0. The molecule has 0 aliphatic carbocycles. The van der Waals surface area contributed by atoms with Gasteiger partial charge in [-0.05, 0) is 30.0 Å². The molecular weight excluding hydrogens is 280 g/mol. The van der Waals surface area contributed by atoms with Gasteiger partial charge in [-0.3, -0.25) is 0 Å². The van der Waals surface area contributed by atoms with Gasteiger partial charge in [-0.15, -0.1) is 0 Å². The second kappa shape index (κ2) is 5.71. The maximum atomic E-state index is 12.2. The van der Waals surface area contributed by atoms with Crippen LogP contribution in [0.15, 0.2) is 18.2 Å². The number of rotatable bonds is 2. The monoisotopic (exact) mass is 296 g/mol. The first-order valence-electron chi connectivity index (χ1n) is 6.47. The van der Waals surface area contributed by atoms with Crippen LogP contribution in [0.3, 0.4) is 0 Å². The Morgan fingerprint density at radius 1 is 1.30 bits per heavy atom. The molecule has 0 saturated carbocycles. The molecule has 2 atom stereocenters. The number of carbonyl (C=O) groups is 2. The van der Waals surface area contributed by atoms with Crippen LogP contribution in [0.25, 0.3) is 0 Å². The first-order valence-corrected chi connectivity index (χ1v) is 6.85. The molecule has 1 heterocycles. The number of aromatic carboxylic acids is 1. The molecular formula is C14H17ClN2O3. The molecule has 1 aliphatic rings. The highest BCUT2D eigenvalue weighted by Crippen LogP contribution is 2.25. The molecule has 1 fully saturated rings. The van der Waals surface area contributed by atoms with Crippen molar-refractivity contribution in [3.05, 3.63) is 28.8 Å². The third-order valence-corrected chi connectivity index (χ3v) is 3.96. The van der Waals surface area contributed by atoms with Gasteiger partial charge in [0.05, 0.1) is 11.3 Å². The van der Waals surface area contributed by atoms with Crippen LogP contribution in [0.4, 0.5) is 10.5 Å². The molecule has 2 N–H and O–H groups in total. The minimum absolute atomic E-state index is 0.0306. The number of carboxylic acid groups (broad SMARTS) is 1. The van der Waals surface area contributed by atoms with Crippen molar-refractivity contribution in [2.45, 2.75) is 13.8 Å². The average Bonchev–Trinajstić information content (AvgIpc) is 2.69. The Labute approximate surface area is 122 Å². The second-order valence-corrected chi connectivity index (χ2v) is 5.72. The van der Waals surface area contributed by atoms with Crippen LogP contribution in [-0.4, -0.2) is 35.1 Å². The van der Waals surface area contributed by atoms with Crippen molar-refractivity contribution >= 4 is 29.3 Å². The van der Waals surface area contributed by atoms with Gasteiger partial charge in [0.2, 0.25) is 0 Å². The summed E-state index contributed by atoms with van der Waals surface area (Å²) in [5.41, 5.74) is 0.255. The van der Waals surface area contributed by atoms with Crippen LogP contribution in [0.2, 0.25) is 5.02 Å². The fourth-order valence-corrected chi connectivity index (χ4v) is 2.47. The maximum absolute atomic E-state index is 12.2. The molecule has 6 heteroatoms. The third kappa shape index (κ3) is 3.04. The van der Waals surface area contributed by atoms with Gasteiger partial charge in [0.15, 0.2) is 0 Å². The number of amides is 2. The molecule has 0 radical (unpaired) electrons. The number of halogens is 1. The number of urea groups is 1. The van der Waals surface area contributed by atoms with Crippen LogP contribution in [-0.2, 0) is 0 Å². The smallest absolute Gasteiger partial charge is 0.337 e. The van der Waals surface area contributed by atoms with Crippen LogP contribution >= 0.6 is 11.6 Å². The molecule has 1 aromatic carbocycles. The second-order valence-electron chi connectivity index (χ2n) is 5.28. The average molecular weight is 297 g/mol. The van der Waals surface area contributed by atoms with E-state index in [1.165, 1.54) is 18.2 Å². The summed E-state index contributed by atoms with van der Waals surface area (Å²) in [7, 11) is 0. The van der Waals surface area contributed by atoms with E-state index in [1.54, 1.807) is 4.90 Å². The molecule has 5 nitrogen and oxygen atoms in total. The van der Waals surface area contributed by atoms with Crippen LogP contribution < -0.4 is 5.32 Å². The van der Waals surface area contributed by atoms with E-state index in [-0.39, 0.29) is 17.3 Å². The third-order valence-electron chi connectivity index (χ3n) is 3.73. The Kier molecular flexibility index (Phi) is 4.18. The van der Waals surface area contributed by atoms with E-state index in [0.717, 1.165) is 0 Å². The number of hydrogen-bond acceptors (Lipinski definition) is 2. The summed E-state index contributed by atoms with van der Waals surface area (Å²) in [6.07, 6.45) is 0. The van der Waals surface area contributed by atoms with Crippen molar-refractivity contribution in [3.8, 4) is 0 Å². The SMILES string of the molecule is CC1CN(C(=O)Nc2cc(Cl)ccc2C(=O)O)CC1C. The Balaban J connectivity index is 2.16. The van der Waals surface area contributed by atoms with E-state index in [2.05, 4.69) is 19.2 Å². The first-order chi connectivity index (χ1) is 9.38. The van der Waals surface area contributed by atoms with Gasteiger partial charge in [0, 0.05) is 18.1 Å². The number of likely N-dealkylation sites (tertiary alicyclic amines) is 1. The fourth-order valence-electron chi connectivity index (χ4n) is 2.30. The van der Waals surface area contributed by atoms with E-state index in [9.17, 15) is 9.59 Å².